The number of carbonyl (C=O) groups excluding carboxylic acids is 1. The van der Waals surface area contributed by atoms with Gasteiger partial charge in [0.15, 0.2) is 0 Å². The fourth-order valence-electron chi connectivity index (χ4n) is 2.79. The number of rotatable bonds is 7. The summed E-state index contributed by atoms with van der Waals surface area (Å²) in [6.07, 6.45) is 1.62. The Morgan fingerprint density at radius 3 is 2.56 bits per heavy atom. The third-order valence-electron chi connectivity index (χ3n) is 4.19. The van der Waals surface area contributed by atoms with Gasteiger partial charge in [0.1, 0.15) is 11.5 Å². The normalized spacial score (nSPS) is 13.0. The lowest BCUT2D eigenvalue weighted by Gasteiger charge is -2.22. The zero-order chi connectivity index (χ0) is 19.2. The Morgan fingerprint density at radius 2 is 1.89 bits per heavy atom. The average molecular weight is 385 g/mol. The molecule has 5 nitrogen and oxygen atoms in total. The summed E-state index contributed by atoms with van der Waals surface area (Å²) in [6, 6.07) is 17.9. The summed E-state index contributed by atoms with van der Waals surface area (Å²) in [4.78, 5) is 12.7. The van der Waals surface area contributed by atoms with Crippen molar-refractivity contribution in [2.24, 2.45) is 0 Å². The van der Waals surface area contributed by atoms with Gasteiger partial charge < -0.3 is 14.5 Å². The molecule has 27 heavy (non-hydrogen) atoms. The highest BCUT2D eigenvalue weighted by atomic mass is 35.5. The number of furan rings is 1. The number of anilines is 1. The van der Waals surface area contributed by atoms with Gasteiger partial charge in [-0.1, -0.05) is 41.9 Å². The van der Waals surface area contributed by atoms with E-state index in [-0.39, 0.29) is 11.9 Å². The Morgan fingerprint density at radius 1 is 1.11 bits per heavy atom. The summed E-state index contributed by atoms with van der Waals surface area (Å²) in [7, 11) is 1.54. The topological polar surface area (TPSA) is 63.5 Å². The average Bonchev–Trinajstić information content (AvgIpc) is 3.21. The quantitative estimate of drug-likeness (QED) is 0.622. The van der Waals surface area contributed by atoms with Crippen LogP contribution >= 0.6 is 11.6 Å². The van der Waals surface area contributed by atoms with Gasteiger partial charge in [-0.15, -0.1) is 0 Å². The van der Waals surface area contributed by atoms with E-state index < -0.39 is 6.04 Å². The Hall–Kier alpha value is -2.76. The molecule has 0 spiro atoms. The molecule has 3 rings (SSSR count). The molecule has 2 atom stereocenters. The molecule has 1 amide bonds. The second-order valence-electron chi connectivity index (χ2n) is 6.08. The smallest absolute Gasteiger partial charge is 0.241 e. The van der Waals surface area contributed by atoms with Crippen LogP contribution in [0, 0.1) is 0 Å². The lowest BCUT2D eigenvalue weighted by Crippen LogP contribution is -2.40. The van der Waals surface area contributed by atoms with Crippen LogP contribution in [-0.4, -0.2) is 19.1 Å². The van der Waals surface area contributed by atoms with E-state index in [2.05, 4.69) is 10.6 Å². The SMILES string of the molecule is COc1ccc(Cl)cc1NC(=O)[C@H](C)N[C@H](c1ccccc1)c1ccco1. The summed E-state index contributed by atoms with van der Waals surface area (Å²) in [6.45, 7) is 1.80. The van der Waals surface area contributed by atoms with Gasteiger partial charge in [-0.25, -0.2) is 0 Å². The number of halogens is 1. The molecule has 0 bridgehead atoms. The summed E-state index contributed by atoms with van der Waals surface area (Å²) in [5, 5.41) is 6.71. The predicted octanol–water partition coefficient (Wildman–Crippen LogP) is 4.65. The van der Waals surface area contributed by atoms with E-state index in [1.54, 1.807) is 38.5 Å². The first-order valence-corrected chi connectivity index (χ1v) is 8.95. The highest BCUT2D eigenvalue weighted by Crippen LogP contribution is 2.28. The number of amides is 1. The van der Waals surface area contributed by atoms with Crippen molar-refractivity contribution in [2.45, 2.75) is 19.0 Å². The molecule has 0 saturated heterocycles. The van der Waals surface area contributed by atoms with Crippen molar-refractivity contribution in [3.05, 3.63) is 83.3 Å². The lowest BCUT2D eigenvalue weighted by molar-refractivity contribution is -0.117. The van der Waals surface area contributed by atoms with Gasteiger partial charge in [-0.3, -0.25) is 10.1 Å². The molecule has 2 aromatic carbocycles. The maximum atomic E-state index is 12.7. The van der Waals surface area contributed by atoms with Crippen molar-refractivity contribution < 1.29 is 13.9 Å². The van der Waals surface area contributed by atoms with Crippen LogP contribution in [0.3, 0.4) is 0 Å². The number of nitrogens with one attached hydrogen (secondary N) is 2. The second-order valence-corrected chi connectivity index (χ2v) is 6.52. The number of methoxy groups -OCH3 is 1. The number of hydrogen-bond donors (Lipinski definition) is 2. The van der Waals surface area contributed by atoms with Crippen molar-refractivity contribution in [2.75, 3.05) is 12.4 Å². The minimum Gasteiger partial charge on any atom is -0.495 e. The number of carbonyl (C=O) groups is 1. The first-order valence-electron chi connectivity index (χ1n) is 8.57. The minimum atomic E-state index is -0.496. The van der Waals surface area contributed by atoms with E-state index in [0.717, 1.165) is 11.3 Å². The van der Waals surface area contributed by atoms with Crippen molar-refractivity contribution in [1.82, 2.24) is 5.32 Å². The Labute approximate surface area is 163 Å². The molecule has 140 valence electrons. The summed E-state index contributed by atoms with van der Waals surface area (Å²) in [5.41, 5.74) is 1.53. The molecule has 1 heterocycles. The summed E-state index contributed by atoms with van der Waals surface area (Å²) in [5.74, 6) is 1.08. The third-order valence-corrected chi connectivity index (χ3v) is 4.43. The van der Waals surface area contributed by atoms with E-state index in [1.807, 2.05) is 42.5 Å². The highest BCUT2D eigenvalue weighted by Gasteiger charge is 2.23. The monoisotopic (exact) mass is 384 g/mol. The third kappa shape index (κ3) is 4.70. The highest BCUT2D eigenvalue weighted by molar-refractivity contribution is 6.31. The summed E-state index contributed by atoms with van der Waals surface area (Å²) < 4.78 is 10.9. The van der Waals surface area contributed by atoms with Crippen LogP contribution in [0.15, 0.2) is 71.3 Å². The van der Waals surface area contributed by atoms with E-state index in [9.17, 15) is 4.79 Å². The van der Waals surface area contributed by atoms with E-state index in [1.165, 1.54) is 0 Å². The van der Waals surface area contributed by atoms with E-state index >= 15 is 0 Å². The fraction of sp³-hybridized carbons (Fsp3) is 0.190. The van der Waals surface area contributed by atoms with Gasteiger partial charge in [0.05, 0.1) is 31.1 Å². The molecule has 2 N–H and O–H groups in total. The standard InChI is InChI=1S/C21H21ClN2O3/c1-14(21(25)24-17-13-16(22)10-11-18(17)26-2)23-20(19-9-6-12-27-19)15-7-4-3-5-8-15/h3-14,20,23H,1-2H3,(H,24,25)/t14-,20+/m0/s1. The van der Waals surface area contributed by atoms with Crippen LogP contribution in [0.2, 0.25) is 5.02 Å². The van der Waals surface area contributed by atoms with Gasteiger partial charge in [0.25, 0.3) is 0 Å². The van der Waals surface area contributed by atoms with Gasteiger partial charge in [-0.2, -0.15) is 0 Å². The first kappa shape index (κ1) is 19.0. The molecule has 0 aliphatic heterocycles. The zero-order valence-electron chi connectivity index (χ0n) is 15.1. The van der Waals surface area contributed by atoms with Crippen LogP contribution in [0.4, 0.5) is 5.69 Å². The van der Waals surface area contributed by atoms with Gasteiger partial charge in [0, 0.05) is 5.02 Å². The number of benzene rings is 2. The maximum Gasteiger partial charge on any atom is 0.241 e. The summed E-state index contributed by atoms with van der Waals surface area (Å²) >= 11 is 6.03. The van der Waals surface area contributed by atoms with Crippen LogP contribution in [0.5, 0.6) is 5.75 Å². The van der Waals surface area contributed by atoms with E-state index in [0.29, 0.717) is 16.5 Å². The number of hydrogen-bond acceptors (Lipinski definition) is 4. The Balaban J connectivity index is 1.77. The lowest BCUT2D eigenvalue weighted by atomic mass is 10.0. The molecule has 0 radical (unpaired) electrons. The molecular formula is C21H21ClN2O3. The molecule has 0 fully saturated rings. The van der Waals surface area contributed by atoms with Gasteiger partial charge in [-0.05, 0) is 42.8 Å². The van der Waals surface area contributed by atoms with E-state index in [4.69, 9.17) is 20.8 Å². The van der Waals surface area contributed by atoms with Crippen molar-refractivity contribution in [3.63, 3.8) is 0 Å². The Kier molecular flexibility index (Phi) is 6.16. The largest absolute Gasteiger partial charge is 0.495 e. The van der Waals surface area contributed by atoms with Crippen molar-refractivity contribution in [1.29, 1.82) is 0 Å². The van der Waals surface area contributed by atoms with Crippen molar-refractivity contribution >= 4 is 23.2 Å². The molecule has 0 aliphatic rings. The molecule has 0 unspecified atom stereocenters. The van der Waals surface area contributed by atoms with Crippen molar-refractivity contribution in [3.8, 4) is 5.75 Å². The first-order chi connectivity index (χ1) is 13.1. The molecular weight excluding hydrogens is 364 g/mol. The second kappa shape index (κ2) is 8.75. The predicted molar refractivity (Wildman–Crippen MR) is 106 cm³/mol. The maximum absolute atomic E-state index is 12.7. The zero-order valence-corrected chi connectivity index (χ0v) is 15.9. The van der Waals surface area contributed by atoms with Crippen LogP contribution in [-0.2, 0) is 4.79 Å². The molecule has 0 aliphatic carbocycles. The molecule has 1 aromatic heterocycles. The molecule has 0 saturated carbocycles. The minimum absolute atomic E-state index is 0.206. The number of ether oxygens (including phenoxy) is 1. The Bertz CT molecular complexity index is 882. The van der Waals surface area contributed by atoms with Crippen LogP contribution in [0.25, 0.3) is 0 Å². The van der Waals surface area contributed by atoms with Crippen LogP contribution < -0.4 is 15.4 Å². The van der Waals surface area contributed by atoms with Crippen LogP contribution in [0.1, 0.15) is 24.3 Å². The van der Waals surface area contributed by atoms with Gasteiger partial charge in [0.2, 0.25) is 5.91 Å². The fourth-order valence-corrected chi connectivity index (χ4v) is 2.96. The van der Waals surface area contributed by atoms with Gasteiger partial charge >= 0.3 is 0 Å². The molecule has 6 heteroatoms. The molecule has 3 aromatic rings.